The normalized spacial score (nSPS) is 22.0. The molecule has 0 atom stereocenters. The first-order valence-corrected chi connectivity index (χ1v) is 7.19. The fourth-order valence-electron chi connectivity index (χ4n) is 3.10. The predicted octanol–water partition coefficient (Wildman–Crippen LogP) is 1.20. The molecular weight excluding hydrogens is 276 g/mol. The van der Waals surface area contributed by atoms with E-state index in [0.717, 1.165) is 25.9 Å². The number of ether oxygens (including phenoxy) is 2. The van der Waals surface area contributed by atoms with E-state index in [9.17, 15) is 10.1 Å². The second-order valence-electron chi connectivity index (χ2n) is 5.64. The number of nitro groups is 1. The van der Waals surface area contributed by atoms with Crippen molar-refractivity contribution in [3.8, 4) is 0 Å². The molecule has 2 aliphatic rings. The molecule has 3 rings (SSSR count). The Balaban J connectivity index is 1.66. The van der Waals surface area contributed by atoms with E-state index in [0.29, 0.717) is 31.3 Å². The van der Waals surface area contributed by atoms with Gasteiger partial charge >= 0.3 is 5.69 Å². The molecule has 0 bridgehead atoms. The summed E-state index contributed by atoms with van der Waals surface area (Å²) in [4.78, 5) is 12.9. The Morgan fingerprint density at radius 1 is 1.29 bits per heavy atom. The molecule has 0 unspecified atom stereocenters. The van der Waals surface area contributed by atoms with Crippen LogP contribution in [-0.4, -0.2) is 51.7 Å². The zero-order valence-corrected chi connectivity index (χ0v) is 12.4. The highest BCUT2D eigenvalue weighted by Crippen LogP contribution is 2.31. The van der Waals surface area contributed by atoms with Crippen LogP contribution in [0.3, 0.4) is 0 Å². The number of piperidine rings is 1. The first-order valence-electron chi connectivity index (χ1n) is 7.19. The van der Waals surface area contributed by atoms with Gasteiger partial charge in [-0.2, -0.15) is 5.10 Å². The monoisotopic (exact) mass is 296 g/mol. The van der Waals surface area contributed by atoms with E-state index < -0.39 is 5.79 Å². The summed E-state index contributed by atoms with van der Waals surface area (Å²) in [7, 11) is 0. The third-order valence-corrected chi connectivity index (χ3v) is 4.29. The largest absolute Gasteiger partial charge is 0.347 e. The molecule has 0 amide bonds. The smallest absolute Gasteiger partial charge is 0.312 e. The summed E-state index contributed by atoms with van der Waals surface area (Å²) in [6.45, 7) is 7.00. The van der Waals surface area contributed by atoms with Gasteiger partial charge in [0.2, 0.25) is 0 Å². The van der Waals surface area contributed by atoms with Gasteiger partial charge < -0.3 is 9.47 Å². The lowest BCUT2D eigenvalue weighted by molar-refractivity contribution is -0.386. The topological polar surface area (TPSA) is 82.7 Å². The average Bonchev–Trinajstić information content (AvgIpc) is 2.99. The van der Waals surface area contributed by atoms with E-state index in [2.05, 4.69) is 10.00 Å². The maximum Gasteiger partial charge on any atom is 0.312 e. The van der Waals surface area contributed by atoms with Crippen molar-refractivity contribution in [3.05, 3.63) is 21.5 Å². The number of hydrogen-bond donors (Lipinski definition) is 0. The molecule has 2 fully saturated rings. The Kier molecular flexibility index (Phi) is 3.68. The van der Waals surface area contributed by atoms with Gasteiger partial charge in [0.05, 0.1) is 24.8 Å². The molecule has 0 aromatic carbocycles. The predicted molar refractivity (Wildman–Crippen MR) is 73.8 cm³/mol. The molecule has 0 aliphatic carbocycles. The van der Waals surface area contributed by atoms with Gasteiger partial charge in [0.25, 0.3) is 0 Å². The number of likely N-dealkylation sites (tertiary alicyclic amines) is 1. The lowest BCUT2D eigenvalue weighted by Crippen LogP contribution is -2.45. The summed E-state index contributed by atoms with van der Waals surface area (Å²) in [6, 6.07) is 0. The van der Waals surface area contributed by atoms with Gasteiger partial charge in [-0.25, -0.2) is 4.68 Å². The third-order valence-electron chi connectivity index (χ3n) is 4.29. The summed E-state index contributed by atoms with van der Waals surface area (Å²) in [6.07, 6.45) is 1.66. The molecule has 0 N–H and O–H groups in total. The van der Waals surface area contributed by atoms with Crippen LogP contribution in [0.2, 0.25) is 0 Å². The SMILES string of the molecule is Cc1nn(CN2CCC3(CC2)OCCO3)c(C)c1[N+](=O)[O-]. The van der Waals surface area contributed by atoms with E-state index in [4.69, 9.17) is 9.47 Å². The summed E-state index contributed by atoms with van der Waals surface area (Å²) in [5.41, 5.74) is 1.19. The van der Waals surface area contributed by atoms with Crippen molar-refractivity contribution in [1.82, 2.24) is 14.7 Å². The van der Waals surface area contributed by atoms with Crippen molar-refractivity contribution in [1.29, 1.82) is 0 Å². The van der Waals surface area contributed by atoms with Gasteiger partial charge in [0.15, 0.2) is 5.79 Å². The first-order chi connectivity index (χ1) is 10.0. The number of nitrogens with zero attached hydrogens (tertiary/aromatic N) is 4. The molecule has 0 radical (unpaired) electrons. The van der Waals surface area contributed by atoms with Gasteiger partial charge in [0, 0.05) is 25.9 Å². The van der Waals surface area contributed by atoms with E-state index in [1.807, 2.05) is 0 Å². The number of hydrogen-bond acceptors (Lipinski definition) is 6. The first kappa shape index (κ1) is 14.4. The summed E-state index contributed by atoms with van der Waals surface area (Å²) >= 11 is 0. The molecular formula is C13H20N4O4. The summed E-state index contributed by atoms with van der Waals surface area (Å²) in [5.74, 6) is -0.391. The summed E-state index contributed by atoms with van der Waals surface area (Å²) < 4.78 is 13.1. The van der Waals surface area contributed by atoms with Crippen molar-refractivity contribution in [2.75, 3.05) is 26.3 Å². The van der Waals surface area contributed by atoms with Crippen molar-refractivity contribution in [2.24, 2.45) is 0 Å². The van der Waals surface area contributed by atoms with E-state index in [1.54, 1.807) is 18.5 Å². The highest BCUT2D eigenvalue weighted by atomic mass is 16.7. The second-order valence-corrected chi connectivity index (χ2v) is 5.64. The zero-order valence-electron chi connectivity index (χ0n) is 12.4. The molecule has 8 heteroatoms. The molecule has 8 nitrogen and oxygen atoms in total. The lowest BCUT2D eigenvalue weighted by atomic mass is 10.0. The zero-order chi connectivity index (χ0) is 15.0. The standard InChI is InChI=1S/C13H20N4O4/c1-10-12(17(18)19)11(2)16(14-10)9-15-5-3-13(4-6-15)20-7-8-21-13/h3-9H2,1-2H3. The molecule has 2 saturated heterocycles. The third kappa shape index (κ3) is 2.66. The van der Waals surface area contributed by atoms with Gasteiger partial charge in [0.1, 0.15) is 11.4 Å². The van der Waals surface area contributed by atoms with Gasteiger partial charge in [-0.1, -0.05) is 0 Å². The molecule has 3 heterocycles. The second kappa shape index (κ2) is 5.36. The Bertz CT molecular complexity index is 541. The number of rotatable bonds is 3. The van der Waals surface area contributed by atoms with Crippen LogP contribution in [0, 0.1) is 24.0 Å². The minimum Gasteiger partial charge on any atom is -0.347 e. The van der Waals surface area contributed by atoms with Crippen LogP contribution < -0.4 is 0 Å². The Morgan fingerprint density at radius 2 is 1.90 bits per heavy atom. The van der Waals surface area contributed by atoms with Crippen molar-refractivity contribution in [3.63, 3.8) is 0 Å². The molecule has 116 valence electrons. The fourth-order valence-corrected chi connectivity index (χ4v) is 3.10. The molecule has 21 heavy (non-hydrogen) atoms. The molecule has 1 aromatic rings. The van der Waals surface area contributed by atoms with Crippen LogP contribution in [0.5, 0.6) is 0 Å². The van der Waals surface area contributed by atoms with Crippen LogP contribution >= 0.6 is 0 Å². The molecule has 0 saturated carbocycles. The van der Waals surface area contributed by atoms with E-state index in [1.165, 1.54) is 0 Å². The fraction of sp³-hybridized carbons (Fsp3) is 0.769. The lowest BCUT2D eigenvalue weighted by Gasteiger charge is -2.37. The summed E-state index contributed by atoms with van der Waals surface area (Å²) in [5, 5.41) is 15.3. The van der Waals surface area contributed by atoms with Crippen LogP contribution in [0.1, 0.15) is 24.2 Å². The highest BCUT2D eigenvalue weighted by Gasteiger charge is 2.39. The molecule has 1 aromatic heterocycles. The Morgan fingerprint density at radius 3 is 2.43 bits per heavy atom. The Hall–Kier alpha value is -1.51. The van der Waals surface area contributed by atoms with Crippen molar-refractivity contribution >= 4 is 5.69 Å². The van der Waals surface area contributed by atoms with Crippen molar-refractivity contribution < 1.29 is 14.4 Å². The maximum atomic E-state index is 11.0. The molecule has 2 aliphatic heterocycles. The number of aryl methyl sites for hydroxylation is 1. The van der Waals surface area contributed by atoms with Crippen LogP contribution in [0.4, 0.5) is 5.69 Å². The minimum atomic E-state index is -0.391. The Labute approximate surface area is 122 Å². The highest BCUT2D eigenvalue weighted by molar-refractivity contribution is 5.39. The van der Waals surface area contributed by atoms with E-state index in [-0.39, 0.29) is 10.6 Å². The maximum absolute atomic E-state index is 11.0. The average molecular weight is 296 g/mol. The van der Waals surface area contributed by atoms with Gasteiger partial charge in [-0.15, -0.1) is 0 Å². The van der Waals surface area contributed by atoms with Crippen LogP contribution in [0.15, 0.2) is 0 Å². The minimum absolute atomic E-state index is 0.117. The van der Waals surface area contributed by atoms with Gasteiger partial charge in [-0.3, -0.25) is 15.0 Å². The number of aromatic nitrogens is 2. The van der Waals surface area contributed by atoms with Crippen LogP contribution in [-0.2, 0) is 16.1 Å². The van der Waals surface area contributed by atoms with E-state index >= 15 is 0 Å². The molecule has 1 spiro atoms. The van der Waals surface area contributed by atoms with Crippen LogP contribution in [0.25, 0.3) is 0 Å². The van der Waals surface area contributed by atoms with Crippen molar-refractivity contribution in [2.45, 2.75) is 39.1 Å². The quantitative estimate of drug-likeness (QED) is 0.616. The van der Waals surface area contributed by atoms with Gasteiger partial charge in [-0.05, 0) is 13.8 Å².